The van der Waals surface area contributed by atoms with Crippen LogP contribution in [-0.4, -0.2) is 24.0 Å². The fourth-order valence-corrected chi connectivity index (χ4v) is 2.99. The second-order valence-corrected chi connectivity index (χ2v) is 5.90. The van der Waals surface area contributed by atoms with Crippen LogP contribution in [0.1, 0.15) is 24.0 Å². The van der Waals surface area contributed by atoms with Gasteiger partial charge in [-0.1, -0.05) is 60.7 Å². The molecule has 1 aliphatic rings. The number of rotatable bonds is 5. The Balaban J connectivity index is 0.00000176. The summed E-state index contributed by atoms with van der Waals surface area (Å²) in [4.78, 5) is 2.57. The topological polar surface area (TPSA) is 15.3 Å². The summed E-state index contributed by atoms with van der Waals surface area (Å²) in [6, 6.07) is 22.1. The van der Waals surface area contributed by atoms with Crippen LogP contribution in [-0.2, 0) is 13.1 Å². The van der Waals surface area contributed by atoms with Gasteiger partial charge >= 0.3 is 0 Å². The molecule has 0 unspecified atom stereocenters. The molecule has 1 fully saturated rings. The van der Waals surface area contributed by atoms with Crippen LogP contribution in [0, 0.1) is 0 Å². The van der Waals surface area contributed by atoms with Crippen LogP contribution >= 0.6 is 12.4 Å². The van der Waals surface area contributed by atoms with Crippen molar-refractivity contribution in [3.63, 3.8) is 0 Å². The van der Waals surface area contributed by atoms with E-state index in [-0.39, 0.29) is 12.4 Å². The summed E-state index contributed by atoms with van der Waals surface area (Å²) in [6.45, 7) is 4.47. The predicted molar refractivity (Wildman–Crippen MR) is 95.3 cm³/mol. The van der Waals surface area contributed by atoms with E-state index in [9.17, 15) is 0 Å². The average Bonchev–Trinajstić information content (AvgIpc) is 2.56. The van der Waals surface area contributed by atoms with E-state index in [0.717, 1.165) is 13.1 Å². The van der Waals surface area contributed by atoms with Gasteiger partial charge in [0.05, 0.1) is 0 Å². The first-order valence-electron chi connectivity index (χ1n) is 7.94. The molecule has 0 radical (unpaired) electrons. The van der Waals surface area contributed by atoms with Crippen LogP contribution in [0.2, 0.25) is 0 Å². The first kappa shape index (κ1) is 17.0. The van der Waals surface area contributed by atoms with Crippen molar-refractivity contribution in [1.29, 1.82) is 0 Å². The lowest BCUT2D eigenvalue weighted by atomic mass is 10.0. The minimum absolute atomic E-state index is 0. The van der Waals surface area contributed by atoms with Gasteiger partial charge in [0.15, 0.2) is 0 Å². The van der Waals surface area contributed by atoms with Crippen molar-refractivity contribution < 1.29 is 0 Å². The van der Waals surface area contributed by atoms with Crippen molar-refractivity contribution in [1.82, 2.24) is 10.2 Å². The highest BCUT2D eigenvalue weighted by Gasteiger charge is 2.18. The van der Waals surface area contributed by atoms with Crippen LogP contribution in [0.3, 0.4) is 0 Å². The van der Waals surface area contributed by atoms with Gasteiger partial charge in [-0.15, -0.1) is 12.4 Å². The molecule has 0 aromatic heterocycles. The number of nitrogens with one attached hydrogen (secondary N) is 1. The Morgan fingerprint density at radius 2 is 1.36 bits per heavy atom. The molecule has 118 valence electrons. The molecule has 22 heavy (non-hydrogen) atoms. The molecule has 3 rings (SSSR count). The zero-order chi connectivity index (χ0) is 14.3. The van der Waals surface area contributed by atoms with Crippen molar-refractivity contribution in [2.45, 2.75) is 32.0 Å². The summed E-state index contributed by atoms with van der Waals surface area (Å²) in [7, 11) is 0. The maximum atomic E-state index is 3.70. The highest BCUT2D eigenvalue weighted by atomic mass is 35.5. The molecule has 2 nitrogen and oxygen atoms in total. The second kappa shape index (κ2) is 8.94. The van der Waals surface area contributed by atoms with Crippen LogP contribution in [0.5, 0.6) is 0 Å². The Morgan fingerprint density at radius 3 is 1.95 bits per heavy atom. The minimum Gasteiger partial charge on any atom is -0.310 e. The normalized spacial score (nSPS) is 16.2. The van der Waals surface area contributed by atoms with Crippen molar-refractivity contribution in [3.8, 4) is 0 Å². The van der Waals surface area contributed by atoms with Crippen molar-refractivity contribution >= 4 is 12.4 Å². The van der Waals surface area contributed by atoms with E-state index in [0.29, 0.717) is 6.04 Å². The highest BCUT2D eigenvalue weighted by Crippen LogP contribution is 2.14. The van der Waals surface area contributed by atoms with E-state index < -0.39 is 0 Å². The maximum absolute atomic E-state index is 3.70. The summed E-state index contributed by atoms with van der Waals surface area (Å²) in [5.74, 6) is 0. The second-order valence-electron chi connectivity index (χ2n) is 5.90. The first-order chi connectivity index (χ1) is 10.4. The zero-order valence-electron chi connectivity index (χ0n) is 12.9. The quantitative estimate of drug-likeness (QED) is 0.901. The number of nitrogens with zero attached hydrogens (tertiary/aromatic N) is 1. The summed E-state index contributed by atoms with van der Waals surface area (Å²) in [6.07, 6.45) is 2.50. The smallest absolute Gasteiger partial charge is 0.0233 e. The first-order valence-corrected chi connectivity index (χ1v) is 7.94. The minimum atomic E-state index is 0. The van der Waals surface area contributed by atoms with E-state index in [1.165, 1.54) is 37.1 Å². The lowest BCUT2D eigenvalue weighted by molar-refractivity contribution is 0.190. The Hall–Kier alpha value is -1.35. The Bertz CT molecular complexity index is 522. The molecule has 2 aromatic carbocycles. The molecule has 1 aliphatic heterocycles. The molecular formula is C19H25ClN2. The number of halogens is 1. The number of hydrogen-bond acceptors (Lipinski definition) is 2. The Kier molecular flexibility index (Phi) is 6.91. The van der Waals surface area contributed by atoms with Crippen molar-refractivity contribution in [3.05, 3.63) is 71.8 Å². The number of likely N-dealkylation sites (tertiary alicyclic amines) is 1. The molecule has 0 amide bonds. The molecular weight excluding hydrogens is 292 g/mol. The van der Waals surface area contributed by atoms with E-state index in [1.54, 1.807) is 0 Å². The van der Waals surface area contributed by atoms with Gasteiger partial charge in [0.25, 0.3) is 0 Å². The maximum Gasteiger partial charge on any atom is 0.0233 e. The van der Waals surface area contributed by atoms with Gasteiger partial charge in [0, 0.05) is 19.1 Å². The van der Waals surface area contributed by atoms with E-state index >= 15 is 0 Å². The van der Waals surface area contributed by atoms with E-state index in [2.05, 4.69) is 70.9 Å². The van der Waals surface area contributed by atoms with Gasteiger partial charge in [-0.25, -0.2) is 0 Å². The third-order valence-electron chi connectivity index (χ3n) is 4.27. The standard InChI is InChI=1S/C19H24N2.ClH/c1-3-7-17(8-4-1)15-20-19-11-13-21(14-12-19)16-18-9-5-2-6-10-18;/h1-10,19-20H,11-16H2;1H. The average molecular weight is 317 g/mol. The molecule has 2 aromatic rings. The van der Waals surface area contributed by atoms with Crippen molar-refractivity contribution in [2.24, 2.45) is 0 Å². The molecule has 0 bridgehead atoms. The summed E-state index contributed by atoms with van der Waals surface area (Å²) in [5.41, 5.74) is 2.80. The van der Waals surface area contributed by atoms with Gasteiger partial charge in [-0.3, -0.25) is 4.90 Å². The van der Waals surface area contributed by atoms with Crippen LogP contribution in [0.4, 0.5) is 0 Å². The third-order valence-corrected chi connectivity index (χ3v) is 4.27. The Morgan fingerprint density at radius 1 is 0.818 bits per heavy atom. The molecule has 0 spiro atoms. The summed E-state index contributed by atoms with van der Waals surface area (Å²) in [5, 5.41) is 3.70. The molecule has 1 heterocycles. The van der Waals surface area contributed by atoms with Gasteiger partial charge in [-0.2, -0.15) is 0 Å². The number of piperidine rings is 1. The molecule has 3 heteroatoms. The third kappa shape index (κ3) is 5.13. The van der Waals surface area contributed by atoms with Gasteiger partial charge in [0.1, 0.15) is 0 Å². The Labute approximate surface area is 140 Å². The van der Waals surface area contributed by atoms with Crippen LogP contribution in [0.15, 0.2) is 60.7 Å². The summed E-state index contributed by atoms with van der Waals surface area (Å²) >= 11 is 0. The fraction of sp³-hybridized carbons (Fsp3) is 0.368. The molecule has 0 atom stereocenters. The lowest BCUT2D eigenvalue weighted by Gasteiger charge is -2.32. The van der Waals surface area contributed by atoms with Crippen molar-refractivity contribution in [2.75, 3.05) is 13.1 Å². The SMILES string of the molecule is Cl.c1ccc(CNC2CCN(Cc3ccccc3)CC2)cc1. The molecule has 1 N–H and O–H groups in total. The molecule has 0 saturated carbocycles. The van der Waals surface area contributed by atoms with Crippen LogP contribution < -0.4 is 5.32 Å². The zero-order valence-corrected chi connectivity index (χ0v) is 13.8. The van der Waals surface area contributed by atoms with E-state index in [4.69, 9.17) is 0 Å². The lowest BCUT2D eigenvalue weighted by Crippen LogP contribution is -2.41. The largest absolute Gasteiger partial charge is 0.310 e. The predicted octanol–water partition coefficient (Wildman–Crippen LogP) is 3.86. The number of hydrogen-bond donors (Lipinski definition) is 1. The van der Waals surface area contributed by atoms with Gasteiger partial charge in [-0.05, 0) is 37.1 Å². The monoisotopic (exact) mass is 316 g/mol. The van der Waals surface area contributed by atoms with E-state index in [1.807, 2.05) is 0 Å². The molecule has 0 aliphatic carbocycles. The summed E-state index contributed by atoms with van der Waals surface area (Å²) < 4.78 is 0. The number of benzene rings is 2. The van der Waals surface area contributed by atoms with Gasteiger partial charge in [0.2, 0.25) is 0 Å². The van der Waals surface area contributed by atoms with Crippen LogP contribution in [0.25, 0.3) is 0 Å². The fourth-order valence-electron chi connectivity index (χ4n) is 2.99. The molecule has 1 saturated heterocycles. The van der Waals surface area contributed by atoms with Gasteiger partial charge < -0.3 is 5.32 Å². The highest BCUT2D eigenvalue weighted by molar-refractivity contribution is 5.85.